The van der Waals surface area contributed by atoms with E-state index in [-0.39, 0.29) is 41.9 Å². The Morgan fingerprint density at radius 2 is 1.87 bits per heavy atom. The number of alkyl halides is 3. The summed E-state index contributed by atoms with van der Waals surface area (Å²) >= 11 is 0. The van der Waals surface area contributed by atoms with Crippen molar-refractivity contribution in [2.75, 3.05) is 27.7 Å². The van der Waals surface area contributed by atoms with E-state index in [9.17, 15) is 42.9 Å². The third kappa shape index (κ3) is 5.14. The molecule has 4 atom stereocenters. The molecule has 0 radical (unpaired) electrons. The quantitative estimate of drug-likeness (QED) is 0.212. The zero-order valence-corrected chi connectivity index (χ0v) is 24.6. The second-order valence-electron chi connectivity index (χ2n) is 11.5. The number of benzene rings is 1. The van der Waals surface area contributed by atoms with Gasteiger partial charge in [-0.1, -0.05) is 0 Å². The number of nitrogens with one attached hydrogen (secondary N) is 1. The first kappa shape index (κ1) is 32.1. The Labute approximate surface area is 255 Å². The van der Waals surface area contributed by atoms with Crippen LogP contribution < -0.4 is 11.1 Å². The second-order valence-corrected chi connectivity index (χ2v) is 11.5. The molecule has 1 aromatic heterocycles. The number of rotatable bonds is 8. The summed E-state index contributed by atoms with van der Waals surface area (Å²) in [7, 11) is 4.27. The Bertz CT molecular complexity index is 1640. The van der Waals surface area contributed by atoms with Crippen LogP contribution in [0.5, 0.6) is 5.75 Å². The van der Waals surface area contributed by atoms with Gasteiger partial charge in [-0.3, -0.25) is 19.3 Å². The molecule has 0 spiro atoms. The maximum absolute atomic E-state index is 14.4. The number of aliphatic hydroxyl groups is 2. The van der Waals surface area contributed by atoms with Crippen LogP contribution in [-0.2, 0) is 32.1 Å². The summed E-state index contributed by atoms with van der Waals surface area (Å²) < 4.78 is 43.8. The fourth-order valence-electron chi connectivity index (χ4n) is 6.91. The highest BCUT2D eigenvalue weighted by atomic mass is 19.4. The summed E-state index contributed by atoms with van der Waals surface area (Å²) in [6.45, 7) is -0.667. The van der Waals surface area contributed by atoms with Crippen LogP contribution in [0.4, 0.5) is 13.2 Å². The van der Waals surface area contributed by atoms with Gasteiger partial charge in [0.25, 0.3) is 5.91 Å². The van der Waals surface area contributed by atoms with Gasteiger partial charge in [-0.05, 0) is 50.6 Å². The van der Waals surface area contributed by atoms with Gasteiger partial charge in [-0.15, -0.1) is 0 Å². The lowest BCUT2D eigenvalue weighted by molar-refractivity contribution is -0.159. The number of ether oxygens (including phenoxy) is 1. The first-order valence-electron chi connectivity index (χ1n) is 14.1. The summed E-state index contributed by atoms with van der Waals surface area (Å²) in [4.78, 5) is 50.3. The number of nitrogens with zero attached hydrogens (tertiary/aromatic N) is 3. The lowest BCUT2D eigenvalue weighted by atomic mass is 9.57. The van der Waals surface area contributed by atoms with Gasteiger partial charge in [-0.25, -0.2) is 9.97 Å². The molecule has 6 N–H and O–H groups in total. The van der Waals surface area contributed by atoms with Crippen molar-refractivity contribution in [3.05, 3.63) is 58.1 Å². The number of halogens is 3. The standard InChI is InChI=1S/C30H32F3N5O7/c1-38(2)21-17-11-13-9-15-16(28-36-6-4-7-37-28)10-14(12-35-8-5-29(31,32)33)22(39)19(15)23(40)18(13)25(42)30(17,45-3)26(43)20(24(21)41)27(34)44/h4,6-7,10,13,17,21,35,39-40,43H,5,8-9,11-12H2,1-3H3,(H2,34,44)/t13?,17-,21-,30-/m0/s1. The molecule has 15 heteroatoms. The Kier molecular flexibility index (Phi) is 8.23. The van der Waals surface area contributed by atoms with Gasteiger partial charge in [0.05, 0.1) is 18.0 Å². The number of primary amides is 1. The van der Waals surface area contributed by atoms with E-state index in [1.165, 1.54) is 23.4 Å². The number of fused-ring (bicyclic) bond motifs is 3. The monoisotopic (exact) mass is 631 g/mol. The number of hydrogen-bond acceptors (Lipinski definition) is 11. The topological polar surface area (TPSA) is 188 Å². The van der Waals surface area contributed by atoms with Gasteiger partial charge in [0.1, 0.15) is 22.8 Å². The molecule has 3 aliphatic carbocycles. The molecule has 240 valence electrons. The van der Waals surface area contributed by atoms with E-state index in [1.54, 1.807) is 20.2 Å². The van der Waals surface area contributed by atoms with E-state index < -0.39 is 82.9 Å². The minimum absolute atomic E-state index is 0.0275. The molecule has 3 aliphatic rings. The largest absolute Gasteiger partial charge is 0.508 e. The Hall–Kier alpha value is -4.34. The summed E-state index contributed by atoms with van der Waals surface area (Å²) in [5, 5.41) is 37.0. The molecule has 0 saturated heterocycles. The van der Waals surface area contributed by atoms with Crippen LogP contribution in [0.25, 0.3) is 17.1 Å². The summed E-state index contributed by atoms with van der Waals surface area (Å²) in [5.41, 5.74) is 2.92. The molecule has 12 nitrogen and oxygen atoms in total. The fourth-order valence-corrected chi connectivity index (χ4v) is 6.91. The van der Waals surface area contributed by atoms with Crippen molar-refractivity contribution in [2.45, 2.75) is 43.6 Å². The van der Waals surface area contributed by atoms with Crippen molar-refractivity contribution in [2.24, 2.45) is 17.6 Å². The first-order valence-corrected chi connectivity index (χ1v) is 14.1. The third-order valence-corrected chi connectivity index (χ3v) is 8.80. The number of methoxy groups -OCH3 is 1. The van der Waals surface area contributed by atoms with Crippen molar-refractivity contribution >= 4 is 23.2 Å². The SMILES string of the molecule is CO[C@]12C(=O)C3=C(O)c4c(O)c(CNCCC(F)(F)F)cc(-c5ncccn5)c4CC3C[C@H]1[C@H](N(C)C)C(=O)C(C(N)=O)=C2O. The van der Waals surface area contributed by atoms with Gasteiger partial charge < -0.3 is 31.1 Å². The zero-order chi connectivity index (χ0) is 33.0. The Morgan fingerprint density at radius 3 is 2.44 bits per heavy atom. The van der Waals surface area contributed by atoms with Gasteiger partial charge in [-0.2, -0.15) is 13.2 Å². The molecular weight excluding hydrogens is 599 g/mol. The number of ketones is 2. The summed E-state index contributed by atoms with van der Waals surface area (Å²) in [6.07, 6.45) is -2.47. The lowest BCUT2D eigenvalue weighted by Crippen LogP contribution is -2.66. The average Bonchev–Trinajstić information content (AvgIpc) is 2.96. The zero-order valence-electron chi connectivity index (χ0n) is 24.6. The van der Waals surface area contributed by atoms with Gasteiger partial charge >= 0.3 is 6.18 Å². The van der Waals surface area contributed by atoms with E-state index in [2.05, 4.69) is 15.3 Å². The van der Waals surface area contributed by atoms with Crippen LogP contribution in [0.2, 0.25) is 0 Å². The predicted molar refractivity (Wildman–Crippen MR) is 152 cm³/mol. The minimum Gasteiger partial charge on any atom is -0.508 e. The van der Waals surface area contributed by atoms with E-state index in [1.807, 2.05) is 0 Å². The highest BCUT2D eigenvalue weighted by molar-refractivity contribution is 6.24. The van der Waals surface area contributed by atoms with Crippen LogP contribution in [0, 0.1) is 11.8 Å². The average molecular weight is 632 g/mol. The normalized spacial score (nSPS) is 24.9. The predicted octanol–water partition coefficient (Wildman–Crippen LogP) is 2.12. The lowest BCUT2D eigenvalue weighted by Gasteiger charge is -2.52. The smallest absolute Gasteiger partial charge is 0.390 e. The number of likely N-dealkylation sites (N-methyl/N-ethyl adjacent to an activating group) is 1. The van der Waals surface area contributed by atoms with Crippen LogP contribution in [0.1, 0.15) is 29.5 Å². The molecule has 1 unspecified atom stereocenters. The molecule has 45 heavy (non-hydrogen) atoms. The second kappa shape index (κ2) is 11.5. The fraction of sp³-hybridized carbons (Fsp3) is 0.433. The number of phenolic OH excluding ortho intramolecular Hbond substituents is 1. The summed E-state index contributed by atoms with van der Waals surface area (Å²) in [5.74, 6) is -6.56. The Balaban J connectivity index is 1.71. The number of carbonyl (C=O) groups is 3. The van der Waals surface area contributed by atoms with Crippen molar-refractivity contribution in [3.63, 3.8) is 0 Å². The van der Waals surface area contributed by atoms with Crippen LogP contribution >= 0.6 is 0 Å². The van der Waals surface area contributed by atoms with Crippen molar-refractivity contribution in [1.82, 2.24) is 20.2 Å². The Morgan fingerprint density at radius 1 is 1.20 bits per heavy atom. The molecule has 5 rings (SSSR count). The van der Waals surface area contributed by atoms with E-state index in [4.69, 9.17) is 10.5 Å². The van der Waals surface area contributed by atoms with Crippen LogP contribution in [-0.4, -0.2) is 93.2 Å². The molecule has 1 heterocycles. The van der Waals surface area contributed by atoms with Gasteiger partial charge in [0, 0.05) is 55.2 Å². The number of amides is 1. The third-order valence-electron chi connectivity index (χ3n) is 8.80. The number of Topliss-reactive ketones (excluding diaryl/α,β-unsaturated/α-hetero) is 2. The minimum atomic E-state index is -4.40. The molecule has 2 aromatic rings. The van der Waals surface area contributed by atoms with Crippen molar-refractivity contribution in [1.29, 1.82) is 0 Å². The molecular formula is C30H32F3N5O7. The van der Waals surface area contributed by atoms with E-state index in [0.717, 1.165) is 7.11 Å². The molecule has 1 aromatic carbocycles. The number of hydrogen-bond donors (Lipinski definition) is 5. The van der Waals surface area contributed by atoms with Crippen molar-refractivity contribution in [3.8, 4) is 17.1 Å². The van der Waals surface area contributed by atoms with Gasteiger partial charge in [0.2, 0.25) is 5.78 Å². The number of phenols is 1. The molecule has 0 aliphatic heterocycles. The number of nitrogens with two attached hydrogens (primary N) is 1. The van der Waals surface area contributed by atoms with Crippen LogP contribution in [0.3, 0.4) is 0 Å². The van der Waals surface area contributed by atoms with Crippen molar-refractivity contribution < 1.29 is 47.6 Å². The number of carbonyl (C=O) groups excluding carboxylic acids is 3. The number of aromatic hydroxyl groups is 1. The first-order chi connectivity index (χ1) is 21.2. The number of aromatic nitrogens is 2. The van der Waals surface area contributed by atoms with Gasteiger partial charge in [0.15, 0.2) is 17.2 Å². The van der Waals surface area contributed by atoms with E-state index >= 15 is 0 Å². The maximum Gasteiger partial charge on any atom is 0.390 e. The molecule has 0 bridgehead atoms. The van der Waals surface area contributed by atoms with Crippen LogP contribution in [0.15, 0.2) is 41.4 Å². The summed E-state index contributed by atoms with van der Waals surface area (Å²) in [6, 6.07) is 2.00. The van der Waals surface area contributed by atoms with E-state index in [0.29, 0.717) is 11.1 Å². The molecule has 1 amide bonds. The number of aliphatic hydroxyl groups excluding tert-OH is 2. The highest BCUT2D eigenvalue weighted by Gasteiger charge is 2.65. The highest BCUT2D eigenvalue weighted by Crippen LogP contribution is 2.55. The molecule has 1 saturated carbocycles. The maximum atomic E-state index is 14.4. The molecule has 1 fully saturated rings.